The molecule has 1 rings (SSSR count). The summed E-state index contributed by atoms with van der Waals surface area (Å²) in [4.78, 5) is 22.9. The number of amides is 1. The van der Waals surface area contributed by atoms with Gasteiger partial charge in [-0.3, -0.25) is 4.79 Å². The number of halogens is 1. The highest BCUT2D eigenvalue weighted by Gasteiger charge is 2.12. The lowest BCUT2D eigenvalue weighted by molar-refractivity contribution is -0.115. The fraction of sp³-hybridized carbons (Fsp3) is 0.333. The first-order valence-electron chi connectivity index (χ1n) is 5.47. The molecule has 6 heteroatoms. The Hall–Kier alpha value is -1.59. The molecule has 0 atom stereocenters. The van der Waals surface area contributed by atoms with Crippen molar-refractivity contribution in [2.45, 2.75) is 6.92 Å². The summed E-state index contributed by atoms with van der Waals surface area (Å²) in [7, 11) is 1.27. The zero-order chi connectivity index (χ0) is 13.5. The van der Waals surface area contributed by atoms with Gasteiger partial charge in [0.15, 0.2) is 0 Å². The molecule has 0 fully saturated rings. The molecule has 0 aliphatic heterocycles. The van der Waals surface area contributed by atoms with Gasteiger partial charge in [-0.1, -0.05) is 18.5 Å². The maximum Gasteiger partial charge on any atom is 0.339 e. The number of carbonyl (C=O) groups excluding carboxylic acids is 2. The second-order valence-corrected chi connectivity index (χ2v) is 3.92. The van der Waals surface area contributed by atoms with Crippen molar-refractivity contribution in [3.05, 3.63) is 28.8 Å². The second kappa shape index (κ2) is 6.98. The summed E-state index contributed by atoms with van der Waals surface area (Å²) in [6.07, 6.45) is 0. The lowest BCUT2D eigenvalue weighted by Gasteiger charge is -2.08. The summed E-state index contributed by atoms with van der Waals surface area (Å²) < 4.78 is 4.59. The summed E-state index contributed by atoms with van der Waals surface area (Å²) in [5.41, 5.74) is 0.725. The average molecular weight is 271 g/mol. The van der Waals surface area contributed by atoms with Crippen molar-refractivity contribution in [2.75, 3.05) is 25.5 Å². The van der Waals surface area contributed by atoms with E-state index in [0.29, 0.717) is 12.2 Å². The van der Waals surface area contributed by atoms with Crippen LogP contribution in [0.5, 0.6) is 0 Å². The minimum Gasteiger partial charge on any atom is -0.465 e. The van der Waals surface area contributed by atoms with Crippen LogP contribution in [0.2, 0.25) is 5.02 Å². The minimum atomic E-state index is -0.539. The average Bonchev–Trinajstić information content (AvgIpc) is 2.37. The number of anilines is 1. The Balaban J connectivity index is 2.79. The quantitative estimate of drug-likeness (QED) is 0.799. The first-order chi connectivity index (χ1) is 8.58. The van der Waals surface area contributed by atoms with Gasteiger partial charge >= 0.3 is 5.97 Å². The smallest absolute Gasteiger partial charge is 0.339 e. The molecule has 0 saturated carbocycles. The molecule has 0 bridgehead atoms. The zero-order valence-electron chi connectivity index (χ0n) is 10.2. The summed E-state index contributed by atoms with van der Waals surface area (Å²) in [6, 6.07) is 4.65. The Morgan fingerprint density at radius 2 is 2.11 bits per heavy atom. The molecule has 0 saturated heterocycles. The lowest BCUT2D eigenvalue weighted by atomic mass is 10.2. The maximum atomic E-state index is 11.5. The van der Waals surface area contributed by atoms with E-state index < -0.39 is 5.97 Å². The van der Waals surface area contributed by atoms with Crippen molar-refractivity contribution in [1.29, 1.82) is 0 Å². The van der Waals surface area contributed by atoms with E-state index in [2.05, 4.69) is 15.4 Å². The van der Waals surface area contributed by atoms with E-state index in [9.17, 15) is 9.59 Å². The molecule has 0 spiro atoms. The van der Waals surface area contributed by atoms with Crippen molar-refractivity contribution in [3.8, 4) is 0 Å². The number of likely N-dealkylation sites (N-methyl/N-ethyl adjacent to an activating group) is 1. The van der Waals surface area contributed by atoms with E-state index in [1.807, 2.05) is 6.92 Å². The molecule has 0 radical (unpaired) electrons. The van der Waals surface area contributed by atoms with Gasteiger partial charge in [0, 0.05) is 5.69 Å². The number of nitrogens with one attached hydrogen (secondary N) is 2. The number of rotatable bonds is 5. The molecule has 0 aliphatic rings. The Kier molecular flexibility index (Phi) is 5.61. The van der Waals surface area contributed by atoms with Gasteiger partial charge in [-0.25, -0.2) is 4.79 Å². The van der Waals surface area contributed by atoms with Crippen LogP contribution in [-0.4, -0.2) is 32.1 Å². The van der Waals surface area contributed by atoms with Crippen LogP contribution >= 0.6 is 11.6 Å². The van der Waals surface area contributed by atoms with Crippen LogP contribution in [0.25, 0.3) is 0 Å². The summed E-state index contributed by atoms with van der Waals surface area (Å²) in [6.45, 7) is 2.83. The normalized spacial score (nSPS) is 9.94. The van der Waals surface area contributed by atoms with Crippen LogP contribution in [0.4, 0.5) is 5.69 Å². The largest absolute Gasteiger partial charge is 0.465 e. The van der Waals surface area contributed by atoms with Crippen LogP contribution in [0.3, 0.4) is 0 Å². The highest BCUT2D eigenvalue weighted by molar-refractivity contribution is 6.33. The van der Waals surface area contributed by atoms with Crippen LogP contribution in [-0.2, 0) is 9.53 Å². The predicted molar refractivity (Wildman–Crippen MR) is 70.0 cm³/mol. The Labute approximate surface area is 110 Å². The number of carbonyl (C=O) groups is 2. The number of methoxy groups -OCH3 is 1. The fourth-order valence-electron chi connectivity index (χ4n) is 1.31. The summed E-state index contributed by atoms with van der Waals surface area (Å²) in [5, 5.41) is 5.84. The van der Waals surface area contributed by atoms with Crippen LogP contribution in [0.15, 0.2) is 18.2 Å². The fourth-order valence-corrected chi connectivity index (χ4v) is 1.51. The monoisotopic (exact) mass is 270 g/mol. The van der Waals surface area contributed by atoms with Gasteiger partial charge in [0.2, 0.25) is 5.91 Å². The molecule has 1 aromatic rings. The molecular formula is C12H15ClN2O3. The number of ether oxygens (including phenoxy) is 1. The standard InChI is InChI=1S/C12H15ClN2O3/c1-3-14-7-11(16)15-8-4-5-10(13)9(6-8)12(17)18-2/h4-6,14H,3,7H2,1-2H3,(H,15,16). The molecule has 1 amide bonds. The van der Waals surface area contributed by atoms with E-state index >= 15 is 0 Å². The van der Waals surface area contributed by atoms with Crippen molar-refractivity contribution >= 4 is 29.2 Å². The third-order valence-electron chi connectivity index (χ3n) is 2.19. The molecular weight excluding hydrogens is 256 g/mol. The predicted octanol–water partition coefficient (Wildman–Crippen LogP) is 1.67. The van der Waals surface area contributed by atoms with E-state index in [-0.39, 0.29) is 23.0 Å². The molecule has 0 aromatic heterocycles. The van der Waals surface area contributed by atoms with Gasteiger partial charge in [0.25, 0.3) is 0 Å². The van der Waals surface area contributed by atoms with Crippen LogP contribution in [0.1, 0.15) is 17.3 Å². The number of benzene rings is 1. The summed E-state index contributed by atoms with van der Waals surface area (Å²) >= 11 is 5.86. The Morgan fingerprint density at radius 3 is 2.72 bits per heavy atom. The van der Waals surface area contributed by atoms with Gasteiger partial charge in [0.1, 0.15) is 0 Å². The second-order valence-electron chi connectivity index (χ2n) is 3.51. The Bertz CT molecular complexity index is 449. The number of hydrogen-bond acceptors (Lipinski definition) is 4. The first kappa shape index (κ1) is 14.5. The van der Waals surface area contributed by atoms with Gasteiger partial charge in [-0.05, 0) is 24.7 Å². The lowest BCUT2D eigenvalue weighted by Crippen LogP contribution is -2.27. The number of hydrogen-bond donors (Lipinski definition) is 2. The SMILES string of the molecule is CCNCC(=O)Nc1ccc(Cl)c(C(=O)OC)c1. The Morgan fingerprint density at radius 1 is 1.39 bits per heavy atom. The van der Waals surface area contributed by atoms with Gasteiger partial charge in [0.05, 0.1) is 24.2 Å². The highest BCUT2D eigenvalue weighted by atomic mass is 35.5. The van der Waals surface area contributed by atoms with Gasteiger partial charge < -0.3 is 15.4 Å². The first-order valence-corrected chi connectivity index (χ1v) is 5.84. The molecule has 2 N–H and O–H groups in total. The van der Waals surface area contributed by atoms with Gasteiger partial charge in [-0.2, -0.15) is 0 Å². The summed E-state index contributed by atoms with van der Waals surface area (Å²) in [5.74, 6) is -0.724. The van der Waals surface area contributed by atoms with E-state index in [0.717, 1.165) is 0 Å². The molecule has 0 aliphatic carbocycles. The van der Waals surface area contributed by atoms with Crippen LogP contribution < -0.4 is 10.6 Å². The third kappa shape index (κ3) is 4.01. The highest BCUT2D eigenvalue weighted by Crippen LogP contribution is 2.21. The van der Waals surface area contributed by atoms with E-state index in [4.69, 9.17) is 11.6 Å². The molecule has 18 heavy (non-hydrogen) atoms. The number of esters is 1. The van der Waals surface area contributed by atoms with Crippen molar-refractivity contribution in [2.24, 2.45) is 0 Å². The molecule has 5 nitrogen and oxygen atoms in total. The third-order valence-corrected chi connectivity index (χ3v) is 2.52. The molecule has 0 heterocycles. The zero-order valence-corrected chi connectivity index (χ0v) is 11.0. The molecule has 0 unspecified atom stereocenters. The van der Waals surface area contributed by atoms with Crippen molar-refractivity contribution < 1.29 is 14.3 Å². The molecule has 98 valence electrons. The van der Waals surface area contributed by atoms with Crippen LogP contribution in [0, 0.1) is 0 Å². The van der Waals surface area contributed by atoms with Crippen molar-refractivity contribution in [3.63, 3.8) is 0 Å². The van der Waals surface area contributed by atoms with E-state index in [1.54, 1.807) is 6.07 Å². The topological polar surface area (TPSA) is 67.4 Å². The van der Waals surface area contributed by atoms with E-state index in [1.165, 1.54) is 19.2 Å². The van der Waals surface area contributed by atoms with Crippen molar-refractivity contribution in [1.82, 2.24) is 5.32 Å². The molecule has 1 aromatic carbocycles. The maximum absolute atomic E-state index is 11.5. The van der Waals surface area contributed by atoms with Gasteiger partial charge in [-0.15, -0.1) is 0 Å². The minimum absolute atomic E-state index is 0.185.